The van der Waals surface area contributed by atoms with Crippen molar-refractivity contribution in [3.05, 3.63) is 35.4 Å². The van der Waals surface area contributed by atoms with E-state index >= 15 is 0 Å². The molecule has 7 heteroatoms. The summed E-state index contributed by atoms with van der Waals surface area (Å²) in [5.74, 6) is 0.552. The molecule has 0 atom stereocenters. The normalized spacial score (nSPS) is 15.1. The Kier molecular flexibility index (Phi) is 4.26. The lowest BCUT2D eigenvalue weighted by atomic mass is 10.1. The SMILES string of the molecule is CS(=O)(=O)Cc1cccc(C(=O)NC2=NCCS2)c1. The van der Waals surface area contributed by atoms with Gasteiger partial charge in [-0.2, -0.15) is 0 Å². The van der Waals surface area contributed by atoms with Gasteiger partial charge in [0.15, 0.2) is 15.0 Å². The molecule has 0 aliphatic carbocycles. The highest BCUT2D eigenvalue weighted by Crippen LogP contribution is 2.12. The minimum Gasteiger partial charge on any atom is -0.301 e. The third-order valence-electron chi connectivity index (χ3n) is 2.42. The Labute approximate surface area is 116 Å². The van der Waals surface area contributed by atoms with Crippen LogP contribution in [0.5, 0.6) is 0 Å². The van der Waals surface area contributed by atoms with Crippen LogP contribution in [0.2, 0.25) is 0 Å². The third kappa shape index (κ3) is 4.36. The zero-order valence-electron chi connectivity index (χ0n) is 10.4. The van der Waals surface area contributed by atoms with Crippen molar-refractivity contribution < 1.29 is 13.2 Å². The molecule has 1 amide bonds. The first-order valence-electron chi connectivity index (χ1n) is 5.69. The van der Waals surface area contributed by atoms with Crippen molar-refractivity contribution in [3.63, 3.8) is 0 Å². The van der Waals surface area contributed by atoms with Gasteiger partial charge in [0.25, 0.3) is 5.91 Å². The Morgan fingerprint density at radius 1 is 1.47 bits per heavy atom. The molecule has 0 bridgehead atoms. The van der Waals surface area contributed by atoms with Crippen molar-refractivity contribution in [2.24, 2.45) is 4.99 Å². The first kappa shape index (κ1) is 14.1. The lowest BCUT2D eigenvalue weighted by Gasteiger charge is -2.06. The van der Waals surface area contributed by atoms with Crippen LogP contribution < -0.4 is 5.32 Å². The number of amidine groups is 1. The van der Waals surface area contributed by atoms with Gasteiger partial charge in [-0.1, -0.05) is 23.9 Å². The van der Waals surface area contributed by atoms with Crippen molar-refractivity contribution in [3.8, 4) is 0 Å². The summed E-state index contributed by atoms with van der Waals surface area (Å²) < 4.78 is 22.5. The van der Waals surface area contributed by atoms with Crippen molar-refractivity contribution in [2.75, 3.05) is 18.6 Å². The number of hydrogen-bond donors (Lipinski definition) is 1. The predicted octanol–water partition coefficient (Wildman–Crippen LogP) is 1.06. The highest BCUT2D eigenvalue weighted by atomic mass is 32.2. The van der Waals surface area contributed by atoms with Crippen LogP contribution in [0.3, 0.4) is 0 Å². The van der Waals surface area contributed by atoms with Gasteiger partial charge in [-0.15, -0.1) is 0 Å². The van der Waals surface area contributed by atoms with Crippen LogP contribution in [-0.4, -0.2) is 38.0 Å². The monoisotopic (exact) mass is 298 g/mol. The van der Waals surface area contributed by atoms with Gasteiger partial charge in [0.2, 0.25) is 0 Å². The van der Waals surface area contributed by atoms with Gasteiger partial charge in [0.1, 0.15) is 0 Å². The zero-order chi connectivity index (χ0) is 13.9. The number of nitrogens with zero attached hydrogens (tertiary/aromatic N) is 1. The second kappa shape index (κ2) is 5.75. The molecule has 1 aromatic rings. The van der Waals surface area contributed by atoms with E-state index in [4.69, 9.17) is 0 Å². The Morgan fingerprint density at radius 3 is 2.89 bits per heavy atom. The van der Waals surface area contributed by atoms with Crippen LogP contribution in [0.15, 0.2) is 29.3 Å². The molecule has 0 spiro atoms. The summed E-state index contributed by atoms with van der Waals surface area (Å²) in [5.41, 5.74) is 1.05. The van der Waals surface area contributed by atoms with Crippen LogP contribution in [0.1, 0.15) is 15.9 Å². The number of amides is 1. The first-order chi connectivity index (χ1) is 8.94. The fourth-order valence-corrected chi connectivity index (χ4v) is 3.19. The molecule has 2 rings (SSSR count). The molecule has 1 aromatic carbocycles. The maximum Gasteiger partial charge on any atom is 0.257 e. The number of aliphatic imine (C=N–C) groups is 1. The lowest BCUT2D eigenvalue weighted by Crippen LogP contribution is -2.27. The predicted molar refractivity (Wildman–Crippen MR) is 77.2 cm³/mol. The smallest absolute Gasteiger partial charge is 0.257 e. The summed E-state index contributed by atoms with van der Waals surface area (Å²) in [6, 6.07) is 6.62. The van der Waals surface area contributed by atoms with Gasteiger partial charge in [-0.05, 0) is 17.7 Å². The number of thioether (sulfide) groups is 1. The van der Waals surface area contributed by atoms with E-state index in [1.807, 2.05) is 0 Å². The molecule has 1 aliphatic heterocycles. The Bertz CT molecular complexity index is 624. The molecular weight excluding hydrogens is 284 g/mol. The van der Waals surface area contributed by atoms with Crippen LogP contribution >= 0.6 is 11.8 Å². The van der Waals surface area contributed by atoms with Crippen LogP contribution in [0.25, 0.3) is 0 Å². The molecule has 102 valence electrons. The summed E-state index contributed by atoms with van der Waals surface area (Å²) in [4.78, 5) is 16.1. The van der Waals surface area contributed by atoms with Crippen LogP contribution in [-0.2, 0) is 15.6 Å². The molecule has 0 aromatic heterocycles. The Hall–Kier alpha value is -1.34. The van der Waals surface area contributed by atoms with E-state index in [2.05, 4.69) is 10.3 Å². The van der Waals surface area contributed by atoms with Gasteiger partial charge >= 0.3 is 0 Å². The average Bonchev–Trinajstić information content (AvgIpc) is 2.80. The topological polar surface area (TPSA) is 75.6 Å². The molecule has 0 radical (unpaired) electrons. The molecule has 0 fully saturated rings. The zero-order valence-corrected chi connectivity index (χ0v) is 12.1. The quantitative estimate of drug-likeness (QED) is 0.905. The summed E-state index contributed by atoms with van der Waals surface area (Å²) in [7, 11) is -3.10. The molecule has 5 nitrogen and oxygen atoms in total. The van der Waals surface area contributed by atoms with Crippen molar-refractivity contribution >= 4 is 32.7 Å². The van der Waals surface area contributed by atoms with Gasteiger partial charge in [0.05, 0.1) is 12.3 Å². The fourth-order valence-electron chi connectivity index (χ4n) is 1.69. The van der Waals surface area contributed by atoms with Gasteiger partial charge in [-0.25, -0.2) is 8.42 Å². The van der Waals surface area contributed by atoms with Gasteiger partial charge < -0.3 is 5.32 Å². The van der Waals surface area contributed by atoms with E-state index in [1.54, 1.807) is 24.3 Å². The largest absolute Gasteiger partial charge is 0.301 e. The van der Waals surface area contributed by atoms with Crippen molar-refractivity contribution in [1.82, 2.24) is 5.32 Å². The van der Waals surface area contributed by atoms with Crippen LogP contribution in [0.4, 0.5) is 0 Å². The molecule has 0 saturated heterocycles. The number of nitrogens with one attached hydrogen (secondary N) is 1. The summed E-state index contributed by atoms with van der Waals surface area (Å²) in [6.45, 7) is 0.717. The highest BCUT2D eigenvalue weighted by Gasteiger charge is 2.13. The molecular formula is C12H14N2O3S2. The molecule has 0 unspecified atom stereocenters. The summed E-state index contributed by atoms with van der Waals surface area (Å²) in [6.07, 6.45) is 1.17. The van der Waals surface area contributed by atoms with Crippen molar-refractivity contribution in [2.45, 2.75) is 5.75 Å². The molecule has 1 N–H and O–H groups in total. The third-order valence-corrected chi connectivity index (χ3v) is 4.17. The maximum atomic E-state index is 12.0. The maximum absolute atomic E-state index is 12.0. The molecule has 19 heavy (non-hydrogen) atoms. The number of rotatable bonds is 3. The number of carbonyl (C=O) groups is 1. The first-order valence-corrected chi connectivity index (χ1v) is 8.74. The van der Waals surface area contributed by atoms with E-state index in [0.717, 1.165) is 5.75 Å². The lowest BCUT2D eigenvalue weighted by molar-refractivity contribution is 0.0978. The van der Waals surface area contributed by atoms with E-state index in [9.17, 15) is 13.2 Å². The summed E-state index contributed by atoms with van der Waals surface area (Å²) >= 11 is 1.50. The van der Waals surface area contributed by atoms with Gasteiger partial charge in [0, 0.05) is 17.6 Å². The number of carbonyl (C=O) groups excluding carboxylic acids is 1. The van der Waals surface area contributed by atoms with E-state index in [-0.39, 0.29) is 11.7 Å². The standard InChI is InChI=1S/C12H14N2O3S2/c1-19(16,17)8-9-3-2-4-10(7-9)11(15)14-12-13-5-6-18-12/h2-4,7H,5-6,8H2,1H3,(H,13,14,15). The summed E-state index contributed by atoms with van der Waals surface area (Å²) in [5, 5.41) is 3.33. The average molecular weight is 298 g/mol. The molecule has 1 heterocycles. The van der Waals surface area contributed by atoms with Crippen LogP contribution in [0, 0.1) is 0 Å². The Morgan fingerprint density at radius 2 is 2.26 bits per heavy atom. The van der Waals surface area contributed by atoms with E-state index in [0.29, 0.717) is 22.8 Å². The fraction of sp³-hybridized carbons (Fsp3) is 0.333. The van der Waals surface area contributed by atoms with Crippen molar-refractivity contribution in [1.29, 1.82) is 0 Å². The second-order valence-corrected chi connectivity index (χ2v) is 7.48. The van der Waals surface area contributed by atoms with Gasteiger partial charge in [-0.3, -0.25) is 9.79 Å². The van der Waals surface area contributed by atoms with E-state index < -0.39 is 9.84 Å². The number of hydrogen-bond acceptors (Lipinski definition) is 5. The molecule has 1 aliphatic rings. The highest BCUT2D eigenvalue weighted by molar-refractivity contribution is 8.14. The van der Waals surface area contributed by atoms with E-state index in [1.165, 1.54) is 18.0 Å². The second-order valence-electron chi connectivity index (χ2n) is 4.26. The minimum atomic E-state index is -3.10. The molecule has 0 saturated carbocycles. The number of sulfone groups is 1. The number of benzene rings is 1. The minimum absolute atomic E-state index is 0.0657. The Balaban J connectivity index is 2.11.